The molecule has 0 atom stereocenters. The first-order chi connectivity index (χ1) is 6.58. The Morgan fingerprint density at radius 1 is 1.21 bits per heavy atom. The number of thiophene rings is 1. The fourth-order valence-corrected chi connectivity index (χ4v) is 2.42. The van der Waals surface area contributed by atoms with Gasteiger partial charge in [0.05, 0.1) is 0 Å². The minimum atomic E-state index is 0.644. The van der Waals surface area contributed by atoms with E-state index in [1.165, 1.54) is 16.2 Å². The molecule has 0 aliphatic carbocycles. The molecule has 0 saturated heterocycles. The second-order valence-corrected chi connectivity index (χ2v) is 5.71. The van der Waals surface area contributed by atoms with E-state index in [-0.39, 0.29) is 0 Å². The summed E-state index contributed by atoms with van der Waals surface area (Å²) in [4.78, 5) is 2.89. The minimum Gasteiger partial charge on any atom is -0.141 e. The molecule has 14 heavy (non-hydrogen) atoms. The van der Waals surface area contributed by atoms with Crippen LogP contribution in [0.15, 0.2) is 18.2 Å². The first kappa shape index (κ1) is 11.5. The molecule has 0 aliphatic rings. The zero-order chi connectivity index (χ0) is 10.6. The molecule has 1 rings (SSSR count). The monoisotopic (exact) mass is 208 g/mol. The van der Waals surface area contributed by atoms with Crippen molar-refractivity contribution in [2.24, 2.45) is 11.8 Å². The lowest BCUT2D eigenvalue weighted by atomic mass is 10.1. The molecule has 0 nitrogen and oxygen atoms in total. The van der Waals surface area contributed by atoms with Crippen LogP contribution in [0.25, 0.3) is 6.08 Å². The van der Waals surface area contributed by atoms with Gasteiger partial charge in [0.25, 0.3) is 0 Å². The molecule has 0 aromatic carbocycles. The van der Waals surface area contributed by atoms with Crippen molar-refractivity contribution in [2.75, 3.05) is 0 Å². The van der Waals surface area contributed by atoms with Gasteiger partial charge in [0.15, 0.2) is 0 Å². The van der Waals surface area contributed by atoms with Crippen molar-refractivity contribution in [2.45, 2.75) is 34.1 Å². The highest BCUT2D eigenvalue weighted by molar-refractivity contribution is 7.12. The number of allylic oxidation sites excluding steroid dienone is 1. The first-order valence-electron chi connectivity index (χ1n) is 5.35. The van der Waals surface area contributed by atoms with Crippen molar-refractivity contribution < 1.29 is 0 Å². The smallest absolute Gasteiger partial charge is 0.0270 e. The van der Waals surface area contributed by atoms with E-state index < -0.39 is 0 Å². The fraction of sp³-hybridized carbons (Fsp3) is 0.538. The van der Waals surface area contributed by atoms with Gasteiger partial charge in [-0.25, -0.2) is 0 Å². The van der Waals surface area contributed by atoms with Gasteiger partial charge in [0.2, 0.25) is 0 Å². The lowest BCUT2D eigenvalue weighted by Crippen LogP contribution is -1.89. The number of hydrogen-bond acceptors (Lipinski definition) is 1. The van der Waals surface area contributed by atoms with Crippen molar-refractivity contribution in [1.29, 1.82) is 0 Å². The maximum atomic E-state index is 2.27. The quantitative estimate of drug-likeness (QED) is 0.677. The van der Waals surface area contributed by atoms with Crippen LogP contribution in [0, 0.1) is 11.8 Å². The standard InChI is InChI=1S/C13H20S/c1-10(2)5-6-12-7-8-13(14-12)9-11(3)4/h5-8,10-11H,9H2,1-4H3/b6-5+. The van der Waals surface area contributed by atoms with Gasteiger partial charge in [-0.3, -0.25) is 0 Å². The van der Waals surface area contributed by atoms with Gasteiger partial charge < -0.3 is 0 Å². The third-order valence-electron chi connectivity index (χ3n) is 1.94. The lowest BCUT2D eigenvalue weighted by molar-refractivity contribution is 0.654. The largest absolute Gasteiger partial charge is 0.141 e. The van der Waals surface area contributed by atoms with E-state index in [0.717, 1.165) is 5.92 Å². The molecule has 0 N–H and O–H groups in total. The van der Waals surface area contributed by atoms with Gasteiger partial charge in [-0.1, -0.05) is 33.8 Å². The maximum Gasteiger partial charge on any atom is 0.0270 e. The fourth-order valence-electron chi connectivity index (χ4n) is 1.28. The summed E-state index contributed by atoms with van der Waals surface area (Å²) in [5.41, 5.74) is 0. The summed E-state index contributed by atoms with van der Waals surface area (Å²) in [6.07, 6.45) is 5.70. The van der Waals surface area contributed by atoms with E-state index in [0.29, 0.717) is 5.92 Å². The molecule has 0 aliphatic heterocycles. The Labute approximate surface area is 91.7 Å². The van der Waals surface area contributed by atoms with Gasteiger partial charge in [0, 0.05) is 9.75 Å². The lowest BCUT2D eigenvalue weighted by Gasteiger charge is -1.99. The Bertz CT molecular complexity index is 292. The topological polar surface area (TPSA) is 0 Å². The average molecular weight is 208 g/mol. The van der Waals surface area contributed by atoms with Gasteiger partial charge in [-0.05, 0) is 36.5 Å². The van der Waals surface area contributed by atoms with Crippen LogP contribution in [0.4, 0.5) is 0 Å². The summed E-state index contributed by atoms with van der Waals surface area (Å²) >= 11 is 1.92. The van der Waals surface area contributed by atoms with Crippen molar-refractivity contribution in [3.05, 3.63) is 28.0 Å². The van der Waals surface area contributed by atoms with Crippen molar-refractivity contribution in [1.82, 2.24) is 0 Å². The average Bonchev–Trinajstić information content (AvgIpc) is 2.47. The second-order valence-electron chi connectivity index (χ2n) is 4.51. The van der Waals surface area contributed by atoms with Crippen LogP contribution in [-0.2, 0) is 6.42 Å². The van der Waals surface area contributed by atoms with E-state index in [1.807, 2.05) is 11.3 Å². The van der Waals surface area contributed by atoms with E-state index >= 15 is 0 Å². The van der Waals surface area contributed by atoms with Crippen LogP contribution in [-0.4, -0.2) is 0 Å². The predicted molar refractivity (Wildman–Crippen MR) is 66.7 cm³/mol. The van der Waals surface area contributed by atoms with Crippen molar-refractivity contribution >= 4 is 17.4 Å². The van der Waals surface area contributed by atoms with E-state index in [2.05, 4.69) is 52.0 Å². The molecule has 0 unspecified atom stereocenters. The summed E-state index contributed by atoms with van der Waals surface area (Å²) in [6, 6.07) is 4.48. The van der Waals surface area contributed by atoms with Crippen molar-refractivity contribution in [3.8, 4) is 0 Å². The minimum absolute atomic E-state index is 0.644. The van der Waals surface area contributed by atoms with Crippen LogP contribution in [0.2, 0.25) is 0 Å². The zero-order valence-corrected chi connectivity index (χ0v) is 10.4. The molecule has 0 radical (unpaired) electrons. The van der Waals surface area contributed by atoms with Crippen LogP contribution >= 0.6 is 11.3 Å². The number of rotatable bonds is 4. The highest BCUT2D eigenvalue weighted by atomic mass is 32.1. The molecular formula is C13H20S. The molecule has 1 aromatic rings. The highest BCUT2D eigenvalue weighted by Gasteiger charge is 2.00. The molecule has 78 valence electrons. The Morgan fingerprint density at radius 3 is 2.50 bits per heavy atom. The molecule has 0 fully saturated rings. The van der Waals surface area contributed by atoms with Crippen LogP contribution in [0.5, 0.6) is 0 Å². The summed E-state index contributed by atoms with van der Waals surface area (Å²) in [6.45, 7) is 8.95. The molecule has 1 heteroatoms. The molecule has 1 heterocycles. The first-order valence-corrected chi connectivity index (χ1v) is 6.16. The third kappa shape index (κ3) is 4.10. The molecule has 0 amide bonds. The highest BCUT2D eigenvalue weighted by Crippen LogP contribution is 2.21. The maximum absolute atomic E-state index is 2.27. The third-order valence-corrected chi connectivity index (χ3v) is 3.01. The van der Waals surface area contributed by atoms with Gasteiger partial charge >= 0.3 is 0 Å². The Hall–Kier alpha value is -0.560. The normalized spacial score (nSPS) is 12.1. The van der Waals surface area contributed by atoms with Crippen molar-refractivity contribution in [3.63, 3.8) is 0 Å². The Balaban J connectivity index is 2.59. The zero-order valence-electron chi connectivity index (χ0n) is 9.58. The SMILES string of the molecule is CC(C)/C=C/c1ccc(CC(C)C)s1. The molecule has 0 saturated carbocycles. The second kappa shape index (κ2) is 5.35. The van der Waals surface area contributed by atoms with Crippen LogP contribution < -0.4 is 0 Å². The predicted octanol–water partition coefficient (Wildman–Crippen LogP) is 4.62. The number of hydrogen-bond donors (Lipinski definition) is 0. The van der Waals surface area contributed by atoms with Crippen LogP contribution in [0.3, 0.4) is 0 Å². The van der Waals surface area contributed by atoms with E-state index in [9.17, 15) is 0 Å². The van der Waals surface area contributed by atoms with Gasteiger partial charge in [-0.15, -0.1) is 11.3 Å². The summed E-state index contributed by atoms with van der Waals surface area (Å²) in [7, 11) is 0. The summed E-state index contributed by atoms with van der Waals surface area (Å²) in [5, 5.41) is 0. The van der Waals surface area contributed by atoms with Gasteiger partial charge in [-0.2, -0.15) is 0 Å². The van der Waals surface area contributed by atoms with Gasteiger partial charge in [0.1, 0.15) is 0 Å². The van der Waals surface area contributed by atoms with Crippen LogP contribution in [0.1, 0.15) is 37.4 Å². The summed E-state index contributed by atoms with van der Waals surface area (Å²) < 4.78 is 0. The molecular weight excluding hydrogens is 188 g/mol. The molecule has 1 aromatic heterocycles. The van der Waals surface area contributed by atoms with E-state index in [1.54, 1.807) is 0 Å². The Kier molecular flexibility index (Phi) is 4.40. The summed E-state index contributed by atoms with van der Waals surface area (Å²) in [5.74, 6) is 1.40. The Morgan fingerprint density at radius 2 is 1.93 bits per heavy atom. The van der Waals surface area contributed by atoms with E-state index in [4.69, 9.17) is 0 Å². The molecule has 0 bridgehead atoms. The molecule has 0 spiro atoms.